The lowest BCUT2D eigenvalue weighted by Gasteiger charge is -2.21. The number of benzene rings is 2. The predicted octanol–water partition coefficient (Wildman–Crippen LogP) is 5.29. The van der Waals surface area contributed by atoms with Crippen LogP contribution in [0.3, 0.4) is 0 Å². The van der Waals surface area contributed by atoms with Crippen LogP contribution in [-0.2, 0) is 11.2 Å². The van der Waals surface area contributed by atoms with Crippen molar-refractivity contribution in [1.82, 2.24) is 9.38 Å². The number of ether oxygens (including phenoxy) is 2. The zero-order valence-corrected chi connectivity index (χ0v) is 17.7. The molecule has 1 spiro atoms. The number of carbonyl (C=O) groups is 1. The van der Waals surface area contributed by atoms with Gasteiger partial charge in [0.25, 0.3) is 5.79 Å². The van der Waals surface area contributed by atoms with Crippen molar-refractivity contribution in [2.45, 2.75) is 37.9 Å². The van der Waals surface area contributed by atoms with Crippen LogP contribution in [0.5, 0.6) is 11.5 Å². The van der Waals surface area contributed by atoms with E-state index in [4.69, 9.17) is 9.47 Å². The second kappa shape index (κ2) is 7.13. The normalized spacial score (nSPS) is 16.3. The molecule has 6 nitrogen and oxygen atoms in total. The summed E-state index contributed by atoms with van der Waals surface area (Å²) < 4.78 is 14.1. The van der Waals surface area contributed by atoms with E-state index in [-0.39, 0.29) is 12.3 Å². The molecule has 0 atom stereocenters. The van der Waals surface area contributed by atoms with Crippen LogP contribution in [-0.4, -0.2) is 21.1 Å². The number of amides is 1. The van der Waals surface area contributed by atoms with Crippen LogP contribution in [0.25, 0.3) is 16.2 Å². The van der Waals surface area contributed by atoms with E-state index in [1.54, 1.807) is 0 Å². The van der Waals surface area contributed by atoms with E-state index in [0.29, 0.717) is 11.4 Å². The lowest BCUT2D eigenvalue weighted by Crippen LogP contribution is -2.34. The molecule has 0 saturated heterocycles. The van der Waals surface area contributed by atoms with Gasteiger partial charge in [-0.1, -0.05) is 30.3 Å². The van der Waals surface area contributed by atoms with E-state index in [1.165, 1.54) is 11.3 Å². The van der Waals surface area contributed by atoms with Crippen LogP contribution in [0.2, 0.25) is 0 Å². The third kappa shape index (κ3) is 3.35. The third-order valence-electron chi connectivity index (χ3n) is 5.88. The second-order valence-electron chi connectivity index (χ2n) is 8.08. The summed E-state index contributed by atoms with van der Waals surface area (Å²) in [7, 11) is 0. The molecule has 0 bridgehead atoms. The molecule has 1 fully saturated rings. The van der Waals surface area contributed by atoms with Crippen molar-refractivity contribution in [2.24, 2.45) is 0 Å². The van der Waals surface area contributed by atoms with Gasteiger partial charge in [-0.25, -0.2) is 4.98 Å². The number of imidazole rings is 1. The summed E-state index contributed by atoms with van der Waals surface area (Å²) in [4.78, 5) is 18.3. The summed E-state index contributed by atoms with van der Waals surface area (Å²) in [6.07, 6.45) is 6.31. The molecule has 31 heavy (non-hydrogen) atoms. The number of fused-ring (bicyclic) bond motifs is 2. The first kappa shape index (κ1) is 18.4. The molecule has 7 heteroatoms. The van der Waals surface area contributed by atoms with Gasteiger partial charge in [0.05, 0.1) is 12.1 Å². The second-order valence-corrected chi connectivity index (χ2v) is 8.92. The largest absolute Gasteiger partial charge is 0.448 e. The zero-order valence-electron chi connectivity index (χ0n) is 16.8. The van der Waals surface area contributed by atoms with E-state index in [0.717, 1.165) is 53.3 Å². The minimum Gasteiger partial charge on any atom is -0.448 e. The molecule has 1 amide bonds. The number of carbonyl (C=O) groups excluding carboxylic acids is 1. The standard InChI is InChI=1S/C24H21N3O3S/c28-22(25-17-8-9-20-21(12-17)30-24(29-20)10-4-5-11-24)13-18-15-31-23-26-19(14-27(18)23)16-6-2-1-3-7-16/h1-3,6-9,12,14-15H,4-5,10-11,13H2,(H,25,28). The predicted molar refractivity (Wildman–Crippen MR) is 120 cm³/mol. The highest BCUT2D eigenvalue weighted by molar-refractivity contribution is 7.15. The van der Waals surface area contributed by atoms with Crippen molar-refractivity contribution in [3.05, 3.63) is 65.8 Å². The fourth-order valence-corrected chi connectivity index (χ4v) is 5.24. The smallest absolute Gasteiger partial charge is 0.251 e. The number of aromatic nitrogens is 2. The van der Waals surface area contributed by atoms with Gasteiger partial charge in [-0.05, 0) is 25.0 Å². The first-order valence-electron chi connectivity index (χ1n) is 10.5. The Morgan fingerprint density at radius 3 is 2.74 bits per heavy atom. The Labute approximate surface area is 183 Å². The van der Waals surface area contributed by atoms with Crippen LogP contribution in [0.15, 0.2) is 60.1 Å². The number of hydrogen-bond donors (Lipinski definition) is 1. The highest BCUT2D eigenvalue weighted by Crippen LogP contribution is 2.47. The first-order chi connectivity index (χ1) is 15.2. The molecule has 156 valence electrons. The SMILES string of the molecule is O=C(Cc1csc2nc(-c3ccccc3)cn12)Nc1ccc2c(c1)OC1(CCCC1)O2. The molecule has 4 aromatic rings. The quantitative estimate of drug-likeness (QED) is 0.477. The van der Waals surface area contributed by atoms with E-state index in [9.17, 15) is 4.79 Å². The monoisotopic (exact) mass is 431 g/mol. The van der Waals surface area contributed by atoms with Crippen molar-refractivity contribution >= 4 is 27.9 Å². The number of hydrogen-bond acceptors (Lipinski definition) is 5. The first-order valence-corrected chi connectivity index (χ1v) is 11.4. The van der Waals surface area contributed by atoms with Crippen LogP contribution >= 0.6 is 11.3 Å². The van der Waals surface area contributed by atoms with Gasteiger partial charge in [-0.15, -0.1) is 11.3 Å². The summed E-state index contributed by atoms with van der Waals surface area (Å²) >= 11 is 1.54. The molecule has 1 aliphatic carbocycles. The molecule has 1 saturated carbocycles. The Balaban J connectivity index is 1.17. The van der Waals surface area contributed by atoms with Crippen LogP contribution in [0, 0.1) is 0 Å². The zero-order chi connectivity index (χ0) is 20.8. The number of nitrogens with one attached hydrogen (secondary N) is 1. The van der Waals surface area contributed by atoms with Crippen molar-refractivity contribution in [1.29, 1.82) is 0 Å². The van der Waals surface area contributed by atoms with Gasteiger partial charge in [-0.3, -0.25) is 9.20 Å². The molecule has 2 aromatic carbocycles. The summed E-state index contributed by atoms with van der Waals surface area (Å²) in [5.41, 5.74) is 3.60. The molecule has 6 rings (SSSR count). The molecule has 1 N–H and O–H groups in total. The Kier molecular flexibility index (Phi) is 4.24. The average molecular weight is 432 g/mol. The fraction of sp³-hybridized carbons (Fsp3) is 0.250. The fourth-order valence-electron chi connectivity index (χ4n) is 4.36. The molecule has 2 aliphatic rings. The lowest BCUT2D eigenvalue weighted by atomic mass is 10.2. The maximum absolute atomic E-state index is 12.7. The summed E-state index contributed by atoms with van der Waals surface area (Å²) in [5.74, 6) is 0.889. The van der Waals surface area contributed by atoms with E-state index >= 15 is 0 Å². The van der Waals surface area contributed by atoms with Crippen LogP contribution < -0.4 is 14.8 Å². The maximum Gasteiger partial charge on any atom is 0.251 e. The molecule has 3 heterocycles. The number of anilines is 1. The third-order valence-corrected chi connectivity index (χ3v) is 6.77. The molecule has 0 unspecified atom stereocenters. The highest BCUT2D eigenvalue weighted by Gasteiger charge is 2.44. The Bertz CT molecular complexity index is 1270. The number of nitrogens with zero attached hydrogens (tertiary/aromatic N) is 2. The molecule has 0 radical (unpaired) electrons. The summed E-state index contributed by atoms with van der Waals surface area (Å²) in [6, 6.07) is 15.6. The van der Waals surface area contributed by atoms with Crippen LogP contribution in [0.4, 0.5) is 5.69 Å². The van der Waals surface area contributed by atoms with Crippen LogP contribution in [0.1, 0.15) is 31.4 Å². The Morgan fingerprint density at radius 2 is 1.90 bits per heavy atom. The van der Waals surface area contributed by atoms with E-state index in [1.807, 2.05) is 64.5 Å². The van der Waals surface area contributed by atoms with Crippen molar-refractivity contribution in [2.75, 3.05) is 5.32 Å². The summed E-state index contributed by atoms with van der Waals surface area (Å²) in [6.45, 7) is 0. The van der Waals surface area contributed by atoms with Crippen molar-refractivity contribution < 1.29 is 14.3 Å². The molecular weight excluding hydrogens is 410 g/mol. The lowest BCUT2D eigenvalue weighted by molar-refractivity contribution is -0.115. The van der Waals surface area contributed by atoms with Gasteiger partial charge >= 0.3 is 0 Å². The minimum atomic E-state index is -0.495. The maximum atomic E-state index is 12.7. The van der Waals surface area contributed by atoms with Gasteiger partial charge in [-0.2, -0.15) is 0 Å². The Morgan fingerprint density at radius 1 is 1.10 bits per heavy atom. The average Bonchev–Trinajstić information content (AvgIpc) is 3.54. The van der Waals surface area contributed by atoms with Crippen molar-refractivity contribution in [3.63, 3.8) is 0 Å². The van der Waals surface area contributed by atoms with Gasteiger partial charge in [0.15, 0.2) is 16.5 Å². The number of thiazole rings is 1. The number of rotatable bonds is 4. The van der Waals surface area contributed by atoms with E-state index in [2.05, 4.69) is 10.3 Å². The van der Waals surface area contributed by atoms with Gasteiger partial charge in [0, 0.05) is 47.4 Å². The van der Waals surface area contributed by atoms with Gasteiger partial charge < -0.3 is 14.8 Å². The molecule has 1 aliphatic heterocycles. The minimum absolute atomic E-state index is 0.0795. The van der Waals surface area contributed by atoms with Gasteiger partial charge in [0.2, 0.25) is 5.91 Å². The Hall–Kier alpha value is -3.32. The van der Waals surface area contributed by atoms with Crippen molar-refractivity contribution in [3.8, 4) is 22.8 Å². The molecule has 2 aromatic heterocycles. The molecular formula is C24H21N3O3S. The highest BCUT2D eigenvalue weighted by atomic mass is 32.1. The summed E-state index contributed by atoms with van der Waals surface area (Å²) in [5, 5.41) is 4.97. The van der Waals surface area contributed by atoms with E-state index < -0.39 is 5.79 Å². The van der Waals surface area contributed by atoms with Gasteiger partial charge in [0.1, 0.15) is 0 Å². The topological polar surface area (TPSA) is 64.9 Å².